The normalized spacial score (nSPS) is 18.6. The number of amides is 1. The van der Waals surface area contributed by atoms with E-state index in [-0.39, 0.29) is 19.1 Å². The maximum atomic E-state index is 12.0. The van der Waals surface area contributed by atoms with Crippen LogP contribution in [0.5, 0.6) is 0 Å². The maximum Gasteiger partial charge on any atom is 0.259 e. The van der Waals surface area contributed by atoms with Crippen molar-refractivity contribution in [2.24, 2.45) is 0 Å². The second kappa shape index (κ2) is 5.51. The molecular formula is C15H17NO4S. The van der Waals surface area contributed by atoms with E-state index in [0.29, 0.717) is 12.0 Å². The van der Waals surface area contributed by atoms with Crippen LogP contribution in [0.15, 0.2) is 24.3 Å². The van der Waals surface area contributed by atoms with Gasteiger partial charge in [-0.1, -0.05) is 24.0 Å². The van der Waals surface area contributed by atoms with Crippen molar-refractivity contribution in [3.63, 3.8) is 0 Å². The minimum atomic E-state index is -3.57. The highest BCUT2D eigenvalue weighted by Crippen LogP contribution is 2.35. The molecule has 1 aliphatic rings. The molecule has 0 unspecified atom stereocenters. The summed E-state index contributed by atoms with van der Waals surface area (Å²) < 4.78 is 23.6. The van der Waals surface area contributed by atoms with Crippen molar-refractivity contribution in [1.29, 1.82) is 0 Å². The molecule has 0 bridgehead atoms. The van der Waals surface area contributed by atoms with E-state index in [1.807, 2.05) is 0 Å². The SMILES string of the molecule is CC1(C)C(=O)N(Cc2cccc(C#CCCO)c2)S1(=O)=O. The number of carbonyl (C=O) groups is 1. The zero-order valence-corrected chi connectivity index (χ0v) is 12.8. The van der Waals surface area contributed by atoms with Crippen molar-refractivity contribution in [2.45, 2.75) is 31.6 Å². The quantitative estimate of drug-likeness (QED) is 0.841. The molecule has 1 saturated heterocycles. The van der Waals surface area contributed by atoms with Gasteiger partial charge in [-0.05, 0) is 31.5 Å². The van der Waals surface area contributed by atoms with Crippen LogP contribution in [0.25, 0.3) is 0 Å². The highest BCUT2D eigenvalue weighted by atomic mass is 32.2. The second-order valence-corrected chi connectivity index (χ2v) is 7.71. The number of aliphatic hydroxyl groups excluding tert-OH is 1. The van der Waals surface area contributed by atoms with Gasteiger partial charge in [0, 0.05) is 12.0 Å². The molecule has 1 aromatic carbocycles. The fourth-order valence-corrected chi connectivity index (χ4v) is 3.56. The van der Waals surface area contributed by atoms with E-state index in [4.69, 9.17) is 5.11 Å². The van der Waals surface area contributed by atoms with Gasteiger partial charge in [0.15, 0.2) is 4.75 Å². The molecule has 1 heterocycles. The number of nitrogens with zero attached hydrogens (tertiary/aromatic N) is 1. The molecule has 1 amide bonds. The number of hydrogen-bond acceptors (Lipinski definition) is 4. The van der Waals surface area contributed by atoms with E-state index in [9.17, 15) is 13.2 Å². The molecule has 0 atom stereocenters. The van der Waals surface area contributed by atoms with E-state index >= 15 is 0 Å². The standard InChI is InChI=1S/C15H17NO4S/c1-15(2)14(18)16(21(15,19)20)11-13-8-5-7-12(10-13)6-3-4-9-17/h5,7-8,10,17H,4,9,11H2,1-2H3. The Labute approximate surface area is 124 Å². The van der Waals surface area contributed by atoms with Crippen LogP contribution in [0.3, 0.4) is 0 Å². The van der Waals surface area contributed by atoms with E-state index in [2.05, 4.69) is 11.8 Å². The summed E-state index contributed by atoms with van der Waals surface area (Å²) in [5.74, 6) is 5.29. The van der Waals surface area contributed by atoms with Crippen LogP contribution in [0, 0.1) is 11.8 Å². The first-order valence-electron chi connectivity index (χ1n) is 6.56. The lowest BCUT2D eigenvalue weighted by Gasteiger charge is -2.43. The largest absolute Gasteiger partial charge is 0.395 e. The van der Waals surface area contributed by atoms with Crippen molar-refractivity contribution in [3.05, 3.63) is 35.4 Å². The average molecular weight is 307 g/mol. The van der Waals surface area contributed by atoms with Crippen LogP contribution in [0.4, 0.5) is 0 Å². The molecule has 0 radical (unpaired) electrons. The summed E-state index contributed by atoms with van der Waals surface area (Å²) in [5.41, 5.74) is 1.43. The lowest BCUT2D eigenvalue weighted by Crippen LogP contribution is -2.66. The summed E-state index contributed by atoms with van der Waals surface area (Å²) in [6, 6.07) is 7.06. The van der Waals surface area contributed by atoms with Gasteiger partial charge < -0.3 is 5.11 Å². The Morgan fingerprint density at radius 2 is 2.05 bits per heavy atom. The number of sulfonamides is 1. The fraction of sp³-hybridized carbons (Fsp3) is 0.400. The molecule has 0 spiro atoms. The molecule has 0 aromatic heterocycles. The highest BCUT2D eigenvalue weighted by Gasteiger charge is 2.59. The Morgan fingerprint density at radius 3 is 2.67 bits per heavy atom. The Hall–Kier alpha value is -1.84. The fourth-order valence-electron chi connectivity index (χ4n) is 2.05. The van der Waals surface area contributed by atoms with Gasteiger partial charge in [-0.2, -0.15) is 0 Å². The van der Waals surface area contributed by atoms with Gasteiger partial charge in [0.2, 0.25) is 0 Å². The molecule has 5 nitrogen and oxygen atoms in total. The van der Waals surface area contributed by atoms with E-state index in [1.54, 1.807) is 24.3 Å². The predicted octanol–water partition coefficient (Wildman–Crippen LogP) is 0.871. The first-order valence-corrected chi connectivity index (χ1v) is 8.00. The number of carbonyl (C=O) groups excluding carboxylic acids is 1. The monoisotopic (exact) mass is 307 g/mol. The van der Waals surface area contributed by atoms with Crippen LogP contribution in [-0.4, -0.2) is 35.1 Å². The zero-order chi connectivity index (χ0) is 15.7. The molecule has 2 rings (SSSR count). The molecule has 1 aromatic rings. The maximum absolute atomic E-state index is 12.0. The minimum absolute atomic E-state index is 0.00228. The van der Waals surface area contributed by atoms with Crippen molar-refractivity contribution in [2.75, 3.05) is 6.61 Å². The Morgan fingerprint density at radius 1 is 1.33 bits per heavy atom. The van der Waals surface area contributed by atoms with Crippen molar-refractivity contribution >= 4 is 15.9 Å². The average Bonchev–Trinajstić information content (AvgIpc) is 2.44. The molecule has 0 saturated carbocycles. The van der Waals surface area contributed by atoms with Crippen LogP contribution >= 0.6 is 0 Å². The number of hydrogen-bond donors (Lipinski definition) is 1. The Balaban J connectivity index is 2.17. The van der Waals surface area contributed by atoms with Crippen LogP contribution < -0.4 is 0 Å². The molecule has 1 fully saturated rings. The first kappa shape index (κ1) is 15.5. The van der Waals surface area contributed by atoms with E-state index < -0.39 is 14.8 Å². The molecule has 21 heavy (non-hydrogen) atoms. The molecule has 112 valence electrons. The predicted molar refractivity (Wildman–Crippen MR) is 78.6 cm³/mol. The lowest BCUT2D eigenvalue weighted by atomic mass is 10.1. The third kappa shape index (κ3) is 2.67. The third-order valence-corrected chi connectivity index (χ3v) is 5.74. The van der Waals surface area contributed by atoms with Gasteiger partial charge in [0.1, 0.15) is 0 Å². The summed E-state index contributed by atoms with van der Waals surface area (Å²) in [6.07, 6.45) is 0.386. The van der Waals surface area contributed by atoms with Gasteiger partial charge in [-0.25, -0.2) is 12.7 Å². The summed E-state index contributed by atoms with van der Waals surface area (Å²) in [4.78, 5) is 11.9. The van der Waals surface area contributed by atoms with Crippen molar-refractivity contribution in [1.82, 2.24) is 4.31 Å². The van der Waals surface area contributed by atoms with E-state index in [1.165, 1.54) is 13.8 Å². The minimum Gasteiger partial charge on any atom is -0.395 e. The number of rotatable bonds is 3. The zero-order valence-electron chi connectivity index (χ0n) is 12.0. The smallest absolute Gasteiger partial charge is 0.259 e. The highest BCUT2D eigenvalue weighted by molar-refractivity contribution is 7.94. The van der Waals surface area contributed by atoms with Gasteiger partial charge in [0.25, 0.3) is 15.9 Å². The third-order valence-electron chi connectivity index (χ3n) is 3.40. The van der Waals surface area contributed by atoms with Crippen molar-refractivity contribution < 1.29 is 18.3 Å². The Kier molecular flexibility index (Phi) is 4.08. The summed E-state index contributed by atoms with van der Waals surface area (Å²) >= 11 is 0. The molecule has 6 heteroatoms. The molecule has 0 aliphatic carbocycles. The topological polar surface area (TPSA) is 74.7 Å². The van der Waals surface area contributed by atoms with Crippen LogP contribution in [-0.2, 0) is 21.4 Å². The Bertz CT molecular complexity index is 726. The first-order chi connectivity index (χ1) is 9.80. The lowest BCUT2D eigenvalue weighted by molar-refractivity contribution is -0.132. The van der Waals surface area contributed by atoms with Gasteiger partial charge in [-0.15, -0.1) is 0 Å². The number of benzene rings is 1. The van der Waals surface area contributed by atoms with Crippen LogP contribution in [0.2, 0.25) is 0 Å². The van der Waals surface area contributed by atoms with Crippen LogP contribution in [0.1, 0.15) is 31.4 Å². The summed E-state index contributed by atoms with van der Waals surface area (Å²) in [5, 5.41) is 8.68. The van der Waals surface area contributed by atoms with Gasteiger partial charge in [-0.3, -0.25) is 4.79 Å². The summed E-state index contributed by atoms with van der Waals surface area (Å²) in [6.45, 7) is 2.86. The molecule has 1 N–H and O–H groups in total. The van der Waals surface area contributed by atoms with Crippen molar-refractivity contribution in [3.8, 4) is 11.8 Å². The van der Waals surface area contributed by atoms with Gasteiger partial charge in [0.05, 0.1) is 13.2 Å². The van der Waals surface area contributed by atoms with E-state index in [0.717, 1.165) is 9.87 Å². The number of aliphatic hydroxyl groups is 1. The van der Waals surface area contributed by atoms with Gasteiger partial charge >= 0.3 is 0 Å². The molecular weight excluding hydrogens is 290 g/mol. The molecule has 1 aliphatic heterocycles. The summed E-state index contributed by atoms with van der Waals surface area (Å²) in [7, 11) is -3.57. The second-order valence-electron chi connectivity index (χ2n) is 5.30.